The smallest absolute Gasteiger partial charge is 0.0535 e. The molecule has 0 aromatic heterocycles. The van der Waals surface area contributed by atoms with Gasteiger partial charge in [0, 0.05) is 64.6 Å². The van der Waals surface area contributed by atoms with Crippen LogP contribution in [-0.4, -0.2) is 157 Å². The van der Waals surface area contributed by atoms with E-state index in [9.17, 15) is 0 Å². The summed E-state index contributed by atoms with van der Waals surface area (Å²) in [5.41, 5.74) is 49.6. The lowest BCUT2D eigenvalue weighted by Crippen LogP contribution is -2.39. The molecule has 0 aromatic carbocycles. The summed E-state index contributed by atoms with van der Waals surface area (Å²) in [6.07, 6.45) is 28.1. The molecule has 0 spiro atoms. The number of rotatable bonds is 72. The first-order valence-electron chi connectivity index (χ1n) is 44.6. The Hall–Kier alpha value is 2.50. The largest absolute Gasteiger partial charge is 0.330 e. The second kappa shape index (κ2) is 53.5. The van der Waals surface area contributed by atoms with Crippen LogP contribution >= 0.6 is 0 Å². The van der Waals surface area contributed by atoms with Gasteiger partial charge < -0.3 is 45.9 Å². The lowest BCUT2D eigenvalue weighted by Gasteiger charge is -2.39. The second-order valence-electron chi connectivity index (χ2n) is 43.4. The third kappa shape index (κ3) is 54.0. The predicted octanol–water partition coefficient (Wildman–Crippen LogP) is 24.9. The molecule has 8 nitrogen and oxygen atoms in total. The van der Waals surface area contributed by atoms with Crippen molar-refractivity contribution in [2.45, 2.75) is 453 Å². The van der Waals surface area contributed by atoms with Gasteiger partial charge in [0.15, 0.2) is 0 Å². The lowest BCUT2D eigenvalue weighted by molar-refractivity contribution is 0.829. The molecule has 0 saturated carbocycles. The molecule has 0 radical (unpaired) electrons. The van der Waals surface area contributed by atoms with Crippen molar-refractivity contribution in [3.8, 4) is 0 Å². The zero-order valence-electron chi connectivity index (χ0n) is 73.5. The third-order valence-corrected chi connectivity index (χ3v) is 79.2. The third-order valence-electron chi connectivity index (χ3n) is 27.5. The van der Waals surface area contributed by atoms with Crippen molar-refractivity contribution in [3.05, 3.63) is 0 Å². The fraction of sp³-hybridized carbons (Fsp3) is 1.00. The Bertz CT molecular complexity index is 1630. The van der Waals surface area contributed by atoms with Gasteiger partial charge in [-0.05, 0) is 104 Å². The molecular weight excluding hydrogens is 1440 g/mol. The highest BCUT2D eigenvalue weighted by Gasteiger charge is 2.40. The van der Waals surface area contributed by atoms with Gasteiger partial charge in [-0.1, -0.05) is 401 Å². The summed E-state index contributed by atoms with van der Waals surface area (Å²) in [5.74, 6) is 0. The van der Waals surface area contributed by atoms with E-state index in [1.54, 1.807) is 122 Å². The van der Waals surface area contributed by atoms with Gasteiger partial charge in [0.05, 0.1) is 40.4 Å². The molecule has 0 rings (SSSR count). The summed E-state index contributed by atoms with van der Waals surface area (Å²) < 4.78 is 0. The highest BCUT2D eigenvalue weighted by atomic mass is 28.4. The molecule has 0 amide bonds. The van der Waals surface area contributed by atoms with Crippen LogP contribution in [-0.2, 0) is 0 Å². The predicted molar refractivity (Wildman–Crippen MR) is 511 cm³/mol. The minimum Gasteiger partial charge on any atom is -0.330 e. The van der Waals surface area contributed by atoms with E-state index in [2.05, 4.69) is 131 Å². The fourth-order valence-corrected chi connectivity index (χ4v) is 64.6. The highest BCUT2D eigenvalue weighted by molar-refractivity contribution is 6.85. The van der Waals surface area contributed by atoms with Crippen molar-refractivity contribution in [2.75, 3.05) is 52.4 Å². The van der Waals surface area contributed by atoms with Crippen molar-refractivity contribution >= 4 is 105 Å². The van der Waals surface area contributed by atoms with Crippen LogP contribution in [0.25, 0.3) is 0 Å². The van der Waals surface area contributed by atoms with E-state index in [1.807, 2.05) is 0 Å². The highest BCUT2D eigenvalue weighted by Crippen LogP contribution is 2.44. The zero-order valence-corrected chi connectivity index (χ0v) is 86.5. The van der Waals surface area contributed by atoms with Crippen molar-refractivity contribution in [3.63, 3.8) is 0 Å². The molecule has 0 fully saturated rings. The zero-order chi connectivity index (χ0) is 76.9. The van der Waals surface area contributed by atoms with Gasteiger partial charge in [-0.25, -0.2) is 0 Å². The average Bonchev–Trinajstić information content (AvgIpc) is 0.849. The quantitative estimate of drug-likeness (QED) is 0.0274. The van der Waals surface area contributed by atoms with Gasteiger partial charge >= 0.3 is 0 Å². The van der Waals surface area contributed by atoms with Crippen molar-refractivity contribution in [1.82, 2.24) is 0 Å². The van der Waals surface area contributed by atoms with Crippen molar-refractivity contribution in [2.24, 2.45) is 45.9 Å². The topological polar surface area (TPSA) is 208 Å². The van der Waals surface area contributed by atoms with E-state index in [0.717, 1.165) is 52.4 Å². The maximum Gasteiger partial charge on any atom is 0.0535 e. The molecule has 21 heteroatoms. The molecule has 0 aromatic rings. The van der Waals surface area contributed by atoms with E-state index in [1.165, 1.54) is 199 Å². The molecule has 0 aliphatic heterocycles. The molecule has 608 valence electrons. The number of hydrogen-bond acceptors (Lipinski definition) is 8. The minimum atomic E-state index is -1.75. The molecule has 0 bridgehead atoms. The normalized spacial score (nSPS) is 14.1. The second-order valence-corrected chi connectivity index (χ2v) is 112. The first-order chi connectivity index (χ1) is 47.0. The molecule has 0 aliphatic rings. The first kappa shape index (κ1) is 103. The van der Waals surface area contributed by atoms with Crippen LogP contribution in [0.1, 0.15) is 128 Å². The molecule has 0 atom stereocenters. The van der Waals surface area contributed by atoms with E-state index in [4.69, 9.17) is 45.9 Å². The molecule has 0 saturated heterocycles. The van der Waals surface area contributed by atoms with Crippen LogP contribution < -0.4 is 45.9 Å². The summed E-state index contributed by atoms with van der Waals surface area (Å²) in [7, 11) is -17.9. The SMILES string of the molecule is C[Si](C)(CCCN)CCC[Si](C)(CCC[Si](C)(C)CCCN)CCC[Si](CCC[Si](C)(CCC[Si](C)(C)CCCN)CCC[Si](C)(C)CCCN)(CCC[Si](C)(CCC[Si](C)(C)CCCN)CCC[Si](C)(C)CCCN)CCC[Si](C)(CCC[Si](C)(C)CCCN)CCC[Si](C)(C)CCCN. The Morgan fingerprint density at radius 3 is 0.307 bits per heavy atom. The van der Waals surface area contributed by atoms with E-state index < -0.39 is 105 Å². The van der Waals surface area contributed by atoms with Crippen molar-refractivity contribution < 1.29 is 0 Å². The molecule has 0 aliphatic carbocycles. The summed E-state index contributed by atoms with van der Waals surface area (Å²) in [4.78, 5) is 0. The maximum atomic E-state index is 6.20. The molecule has 0 unspecified atom stereocenters. The Morgan fingerprint density at radius 1 is 0.119 bits per heavy atom. The summed E-state index contributed by atoms with van der Waals surface area (Å²) in [6, 6.07) is 49.1. The molecule has 16 N–H and O–H groups in total. The van der Waals surface area contributed by atoms with E-state index in [0.29, 0.717) is 0 Å². The Morgan fingerprint density at radius 2 is 0.208 bits per heavy atom. The van der Waals surface area contributed by atoms with Gasteiger partial charge in [-0.3, -0.25) is 0 Å². The molecule has 101 heavy (non-hydrogen) atoms. The number of hydrogen-bond donors (Lipinski definition) is 8. The maximum absolute atomic E-state index is 6.20. The van der Waals surface area contributed by atoms with Gasteiger partial charge in [-0.2, -0.15) is 0 Å². The van der Waals surface area contributed by atoms with Crippen LogP contribution in [0.3, 0.4) is 0 Å². The lowest BCUT2D eigenvalue weighted by atomic mass is 10.5. The number of nitrogens with two attached hydrogens (primary N) is 8. The van der Waals surface area contributed by atoms with Gasteiger partial charge in [0.2, 0.25) is 0 Å². The fourth-order valence-electron chi connectivity index (χ4n) is 19.4. The minimum absolute atomic E-state index is 0.864. The van der Waals surface area contributed by atoms with E-state index >= 15 is 0 Å². The first-order valence-corrected chi connectivity index (χ1v) is 87.2. The van der Waals surface area contributed by atoms with Crippen LogP contribution in [0.15, 0.2) is 0 Å². The van der Waals surface area contributed by atoms with Gasteiger partial charge in [0.25, 0.3) is 0 Å². The van der Waals surface area contributed by atoms with Gasteiger partial charge in [0.1, 0.15) is 0 Å². The average molecular weight is 1640 g/mol. The van der Waals surface area contributed by atoms with Crippen LogP contribution in [0.2, 0.25) is 324 Å². The van der Waals surface area contributed by atoms with Crippen LogP contribution in [0, 0.1) is 0 Å². The van der Waals surface area contributed by atoms with Crippen LogP contribution in [0.4, 0.5) is 0 Å². The Labute approximate surface area is 650 Å². The molecule has 0 heterocycles. The Balaban J connectivity index is 8.48. The standard InChI is InChI=1S/C80H196N8Si13/c1-89(2,49-21-41-81)57-29-65-97(17,66-30-58-90(3,4)50-22-42-82)73-37-77-101(78-38-74-98(18,67-31-59-91(5,6)51-23-43-83)68-32-60-92(7,8)52-24-44-84,79-39-75-99(19,69-33-61-93(9,10)53-25-45-85)70-34-62-94(11,12)54-26-46-86)80-40-76-100(20,71-35-63-95(13,14)55-27-47-87)72-36-64-96(15,16)56-28-48-88/h21-88H2,1-20H3. The van der Waals surface area contributed by atoms with Crippen molar-refractivity contribution in [1.29, 1.82) is 0 Å². The summed E-state index contributed by atoms with van der Waals surface area (Å²) in [6.45, 7) is 62.1. The van der Waals surface area contributed by atoms with Gasteiger partial charge in [-0.15, -0.1) is 0 Å². The summed E-state index contributed by atoms with van der Waals surface area (Å²) in [5, 5.41) is 0. The van der Waals surface area contributed by atoms with E-state index in [-0.39, 0.29) is 0 Å². The monoisotopic (exact) mass is 1630 g/mol. The molecular formula is C80H196N8Si13. The summed E-state index contributed by atoms with van der Waals surface area (Å²) >= 11 is 0. The van der Waals surface area contributed by atoms with Crippen LogP contribution in [0.5, 0.6) is 0 Å². The Kier molecular flexibility index (Phi) is 54.8.